The molecule has 4 heteroatoms. The summed E-state index contributed by atoms with van der Waals surface area (Å²) in [5.74, 6) is 0. The molecule has 2 saturated heterocycles. The number of nitrogens with zero attached hydrogens (tertiary/aromatic N) is 1. The molecule has 2 aliphatic heterocycles. The molecule has 0 aliphatic carbocycles. The van der Waals surface area contributed by atoms with Crippen LogP contribution in [-0.2, 0) is 9.47 Å². The number of ether oxygens (including phenoxy) is 2. The lowest BCUT2D eigenvalue weighted by atomic mass is 9.89. The van der Waals surface area contributed by atoms with Crippen LogP contribution in [0.1, 0.15) is 37.8 Å². The Bertz CT molecular complexity index is 404. The van der Waals surface area contributed by atoms with Gasteiger partial charge >= 0.3 is 0 Å². The first-order chi connectivity index (χ1) is 9.27. The minimum atomic E-state index is -0.0200. The first-order valence-electron chi connectivity index (χ1n) is 7.15. The van der Waals surface area contributed by atoms with E-state index in [1.54, 1.807) is 0 Å². The summed E-state index contributed by atoms with van der Waals surface area (Å²) >= 11 is 0. The number of hydrogen-bond donors (Lipinski definition) is 1. The summed E-state index contributed by atoms with van der Waals surface area (Å²) < 4.78 is 11.5. The first kappa shape index (κ1) is 13.0. The van der Waals surface area contributed by atoms with Crippen molar-refractivity contribution in [2.24, 2.45) is 0 Å². The zero-order chi connectivity index (χ0) is 13.1. The SMILES string of the molecule is CC(NC1CCOC2(CCOC2)C1)c1ccncc1. The topological polar surface area (TPSA) is 43.4 Å². The molecule has 19 heavy (non-hydrogen) atoms. The van der Waals surface area contributed by atoms with Crippen molar-refractivity contribution < 1.29 is 9.47 Å². The lowest BCUT2D eigenvalue weighted by molar-refractivity contribution is -0.0902. The van der Waals surface area contributed by atoms with Crippen molar-refractivity contribution in [3.8, 4) is 0 Å². The summed E-state index contributed by atoms with van der Waals surface area (Å²) in [7, 11) is 0. The van der Waals surface area contributed by atoms with E-state index in [-0.39, 0.29) is 5.60 Å². The van der Waals surface area contributed by atoms with E-state index in [0.717, 1.165) is 39.1 Å². The van der Waals surface area contributed by atoms with Crippen molar-refractivity contribution in [2.75, 3.05) is 19.8 Å². The molecule has 3 atom stereocenters. The van der Waals surface area contributed by atoms with Gasteiger partial charge in [-0.25, -0.2) is 0 Å². The van der Waals surface area contributed by atoms with E-state index in [1.165, 1.54) is 5.56 Å². The molecule has 3 heterocycles. The predicted octanol–water partition coefficient (Wildman–Crippen LogP) is 2.07. The maximum Gasteiger partial charge on any atom is 0.0951 e. The highest BCUT2D eigenvalue weighted by atomic mass is 16.6. The zero-order valence-electron chi connectivity index (χ0n) is 11.5. The molecule has 1 N–H and O–H groups in total. The second-order valence-electron chi connectivity index (χ2n) is 5.69. The maximum atomic E-state index is 5.97. The Labute approximate surface area is 114 Å². The van der Waals surface area contributed by atoms with Gasteiger partial charge < -0.3 is 14.8 Å². The van der Waals surface area contributed by atoms with E-state index in [0.29, 0.717) is 12.1 Å². The first-order valence-corrected chi connectivity index (χ1v) is 7.15. The average molecular weight is 262 g/mol. The second-order valence-corrected chi connectivity index (χ2v) is 5.69. The van der Waals surface area contributed by atoms with Gasteiger partial charge in [-0.3, -0.25) is 4.98 Å². The second kappa shape index (κ2) is 5.57. The molecule has 4 nitrogen and oxygen atoms in total. The standard InChI is InChI=1S/C15H22N2O2/c1-12(13-2-6-16-7-3-13)17-14-4-8-19-15(10-14)5-9-18-11-15/h2-3,6-7,12,14,17H,4-5,8-11H2,1H3. The predicted molar refractivity (Wildman–Crippen MR) is 72.9 cm³/mol. The third-order valence-corrected chi connectivity index (χ3v) is 4.25. The fraction of sp³-hybridized carbons (Fsp3) is 0.667. The summed E-state index contributed by atoms with van der Waals surface area (Å²) in [6, 6.07) is 5.01. The lowest BCUT2D eigenvalue weighted by Crippen LogP contribution is -2.48. The molecule has 0 saturated carbocycles. The van der Waals surface area contributed by atoms with Crippen molar-refractivity contribution in [2.45, 2.75) is 43.9 Å². The summed E-state index contributed by atoms with van der Waals surface area (Å²) in [6.07, 6.45) is 6.88. The highest BCUT2D eigenvalue weighted by molar-refractivity contribution is 5.14. The van der Waals surface area contributed by atoms with E-state index >= 15 is 0 Å². The van der Waals surface area contributed by atoms with Crippen LogP contribution in [0.4, 0.5) is 0 Å². The molecule has 0 bridgehead atoms. The molecule has 2 aliphatic rings. The van der Waals surface area contributed by atoms with Gasteiger partial charge in [0.1, 0.15) is 0 Å². The molecule has 3 unspecified atom stereocenters. The summed E-state index contributed by atoms with van der Waals surface area (Å²) in [6.45, 7) is 4.65. The van der Waals surface area contributed by atoms with Crippen LogP contribution in [0.15, 0.2) is 24.5 Å². The normalized spacial score (nSPS) is 32.6. The van der Waals surface area contributed by atoms with E-state index in [1.807, 2.05) is 12.4 Å². The van der Waals surface area contributed by atoms with Gasteiger partial charge in [-0.1, -0.05) is 0 Å². The number of nitrogens with one attached hydrogen (secondary N) is 1. The number of hydrogen-bond acceptors (Lipinski definition) is 4. The zero-order valence-corrected chi connectivity index (χ0v) is 11.5. The molecule has 104 valence electrons. The Hall–Kier alpha value is -0.970. The van der Waals surface area contributed by atoms with E-state index in [2.05, 4.69) is 29.4 Å². The van der Waals surface area contributed by atoms with Crippen molar-refractivity contribution >= 4 is 0 Å². The molecule has 0 radical (unpaired) electrons. The number of rotatable bonds is 3. The summed E-state index contributed by atoms with van der Waals surface area (Å²) in [4.78, 5) is 4.07. The Balaban J connectivity index is 1.60. The average Bonchev–Trinajstić information content (AvgIpc) is 2.88. The fourth-order valence-electron chi connectivity index (χ4n) is 3.14. The van der Waals surface area contributed by atoms with Gasteiger partial charge in [-0.15, -0.1) is 0 Å². The van der Waals surface area contributed by atoms with E-state index in [4.69, 9.17) is 9.47 Å². The van der Waals surface area contributed by atoms with Crippen LogP contribution >= 0.6 is 0 Å². The maximum absolute atomic E-state index is 5.97. The van der Waals surface area contributed by atoms with Crippen molar-refractivity contribution in [3.05, 3.63) is 30.1 Å². The van der Waals surface area contributed by atoms with Crippen molar-refractivity contribution in [3.63, 3.8) is 0 Å². The van der Waals surface area contributed by atoms with Crippen LogP contribution in [0.5, 0.6) is 0 Å². The van der Waals surface area contributed by atoms with Gasteiger partial charge in [0.25, 0.3) is 0 Å². The van der Waals surface area contributed by atoms with Crippen LogP contribution in [-0.4, -0.2) is 36.4 Å². The van der Waals surface area contributed by atoms with Gasteiger partial charge in [0, 0.05) is 44.1 Å². The minimum absolute atomic E-state index is 0.0200. The Morgan fingerprint density at radius 2 is 2.21 bits per heavy atom. The van der Waals surface area contributed by atoms with Crippen LogP contribution in [0, 0.1) is 0 Å². The largest absolute Gasteiger partial charge is 0.378 e. The third kappa shape index (κ3) is 2.96. The smallest absolute Gasteiger partial charge is 0.0951 e. The van der Waals surface area contributed by atoms with Gasteiger partial charge in [0.15, 0.2) is 0 Å². The molecule has 0 aromatic carbocycles. The quantitative estimate of drug-likeness (QED) is 0.905. The molecule has 1 spiro atoms. The molecule has 2 fully saturated rings. The Morgan fingerprint density at radius 3 is 2.95 bits per heavy atom. The van der Waals surface area contributed by atoms with Crippen LogP contribution in [0.25, 0.3) is 0 Å². The number of pyridine rings is 1. The molecule has 1 aromatic rings. The van der Waals surface area contributed by atoms with Gasteiger partial charge in [-0.05, 0) is 37.5 Å². The Kier molecular flexibility index (Phi) is 3.82. The fourth-order valence-corrected chi connectivity index (χ4v) is 3.14. The third-order valence-electron chi connectivity index (χ3n) is 4.25. The Morgan fingerprint density at radius 1 is 1.37 bits per heavy atom. The van der Waals surface area contributed by atoms with Gasteiger partial charge in [0.05, 0.1) is 12.2 Å². The van der Waals surface area contributed by atoms with Crippen LogP contribution < -0.4 is 5.32 Å². The monoisotopic (exact) mass is 262 g/mol. The molecular weight excluding hydrogens is 240 g/mol. The number of aromatic nitrogens is 1. The van der Waals surface area contributed by atoms with Crippen LogP contribution in [0.3, 0.4) is 0 Å². The van der Waals surface area contributed by atoms with Crippen molar-refractivity contribution in [1.29, 1.82) is 0 Å². The van der Waals surface area contributed by atoms with E-state index < -0.39 is 0 Å². The van der Waals surface area contributed by atoms with Crippen LogP contribution in [0.2, 0.25) is 0 Å². The lowest BCUT2D eigenvalue weighted by Gasteiger charge is -2.38. The highest BCUT2D eigenvalue weighted by Crippen LogP contribution is 2.33. The summed E-state index contributed by atoms with van der Waals surface area (Å²) in [5, 5.41) is 3.72. The molecule has 1 aromatic heterocycles. The molecular formula is C15H22N2O2. The van der Waals surface area contributed by atoms with Crippen molar-refractivity contribution in [1.82, 2.24) is 10.3 Å². The summed E-state index contributed by atoms with van der Waals surface area (Å²) in [5.41, 5.74) is 1.27. The highest BCUT2D eigenvalue weighted by Gasteiger charge is 2.41. The van der Waals surface area contributed by atoms with Gasteiger partial charge in [0.2, 0.25) is 0 Å². The van der Waals surface area contributed by atoms with E-state index in [9.17, 15) is 0 Å². The molecule has 3 rings (SSSR count). The molecule has 0 amide bonds. The van der Waals surface area contributed by atoms with Gasteiger partial charge in [-0.2, -0.15) is 0 Å². The minimum Gasteiger partial charge on any atom is -0.378 e.